The number of hydrogen-bond donors (Lipinski definition) is 0. The van der Waals surface area contributed by atoms with Crippen LogP contribution in [0.15, 0.2) is 18.2 Å². The molecule has 14 heavy (non-hydrogen) atoms. The van der Waals surface area contributed by atoms with Crippen LogP contribution < -0.4 is 0 Å². The standard InChI is InChI=1S/C10H10FIO2/c1-6(10(13)14-2)8-4-3-7(12)5-9(8)11/h3-6H,1-2H3. The van der Waals surface area contributed by atoms with Crippen LogP contribution in [0.2, 0.25) is 0 Å². The van der Waals surface area contributed by atoms with Crippen molar-refractivity contribution in [1.82, 2.24) is 0 Å². The Hall–Kier alpha value is -0.650. The van der Waals surface area contributed by atoms with Gasteiger partial charge in [0.05, 0.1) is 13.0 Å². The molecule has 2 nitrogen and oxygen atoms in total. The molecule has 1 unspecified atom stereocenters. The molecule has 4 heteroatoms. The zero-order valence-electron chi connectivity index (χ0n) is 7.88. The first-order chi connectivity index (χ1) is 6.56. The summed E-state index contributed by atoms with van der Waals surface area (Å²) in [5, 5.41) is 0. The molecule has 0 fully saturated rings. The van der Waals surface area contributed by atoms with Crippen molar-refractivity contribution < 1.29 is 13.9 Å². The molecule has 0 aliphatic carbocycles. The van der Waals surface area contributed by atoms with Crippen molar-refractivity contribution in [2.24, 2.45) is 0 Å². The molecule has 0 bridgehead atoms. The molecule has 0 aliphatic rings. The van der Waals surface area contributed by atoms with Crippen LogP contribution >= 0.6 is 22.6 Å². The van der Waals surface area contributed by atoms with E-state index in [1.54, 1.807) is 19.1 Å². The van der Waals surface area contributed by atoms with Crippen LogP contribution in [-0.2, 0) is 9.53 Å². The van der Waals surface area contributed by atoms with E-state index in [0.29, 0.717) is 5.56 Å². The summed E-state index contributed by atoms with van der Waals surface area (Å²) in [6.45, 7) is 1.62. The summed E-state index contributed by atoms with van der Waals surface area (Å²) in [5.74, 6) is -1.35. The molecule has 0 spiro atoms. The van der Waals surface area contributed by atoms with Gasteiger partial charge in [-0.15, -0.1) is 0 Å². The minimum absolute atomic E-state index is 0.366. The van der Waals surface area contributed by atoms with Crippen molar-refractivity contribution in [3.05, 3.63) is 33.1 Å². The lowest BCUT2D eigenvalue weighted by atomic mass is 10.0. The molecule has 76 valence electrons. The second kappa shape index (κ2) is 4.72. The van der Waals surface area contributed by atoms with E-state index in [9.17, 15) is 9.18 Å². The Balaban J connectivity index is 3.01. The lowest BCUT2D eigenvalue weighted by molar-refractivity contribution is -0.142. The number of esters is 1. The van der Waals surface area contributed by atoms with Gasteiger partial charge in [-0.3, -0.25) is 4.79 Å². The largest absolute Gasteiger partial charge is 0.469 e. The topological polar surface area (TPSA) is 26.3 Å². The highest BCUT2D eigenvalue weighted by Crippen LogP contribution is 2.21. The van der Waals surface area contributed by atoms with Gasteiger partial charge >= 0.3 is 5.97 Å². The quantitative estimate of drug-likeness (QED) is 0.620. The van der Waals surface area contributed by atoms with Gasteiger partial charge in [0.1, 0.15) is 5.82 Å². The maximum Gasteiger partial charge on any atom is 0.312 e. The van der Waals surface area contributed by atoms with Gasteiger partial charge in [-0.05, 0) is 41.6 Å². The van der Waals surface area contributed by atoms with Gasteiger partial charge in [0.2, 0.25) is 0 Å². The lowest BCUT2D eigenvalue weighted by Gasteiger charge is -2.10. The van der Waals surface area contributed by atoms with Gasteiger partial charge in [0.15, 0.2) is 0 Å². The molecule has 0 aliphatic heterocycles. The van der Waals surface area contributed by atoms with Crippen LogP contribution in [-0.4, -0.2) is 13.1 Å². The first-order valence-corrected chi connectivity index (χ1v) is 5.17. The van der Waals surface area contributed by atoms with Gasteiger partial charge in [-0.25, -0.2) is 4.39 Å². The third-order valence-electron chi connectivity index (χ3n) is 1.98. The van der Waals surface area contributed by atoms with Crippen molar-refractivity contribution in [3.63, 3.8) is 0 Å². The third-order valence-corrected chi connectivity index (χ3v) is 2.65. The number of carbonyl (C=O) groups excluding carboxylic acids is 1. The number of halogens is 2. The lowest BCUT2D eigenvalue weighted by Crippen LogP contribution is -2.12. The Bertz CT molecular complexity index is 352. The summed E-state index contributed by atoms with van der Waals surface area (Å²) in [4.78, 5) is 11.2. The zero-order chi connectivity index (χ0) is 10.7. The molecule has 0 N–H and O–H groups in total. The average molecular weight is 308 g/mol. The number of hydrogen-bond acceptors (Lipinski definition) is 2. The van der Waals surface area contributed by atoms with E-state index in [1.807, 2.05) is 22.6 Å². The highest BCUT2D eigenvalue weighted by Gasteiger charge is 2.19. The van der Waals surface area contributed by atoms with Crippen LogP contribution in [0.5, 0.6) is 0 Å². The van der Waals surface area contributed by atoms with Gasteiger partial charge in [-0.2, -0.15) is 0 Å². The predicted molar refractivity (Wildman–Crippen MR) is 59.5 cm³/mol. The number of methoxy groups -OCH3 is 1. The Morgan fingerprint density at radius 3 is 2.71 bits per heavy atom. The normalized spacial score (nSPS) is 12.3. The Labute approximate surface area is 95.6 Å². The summed E-state index contributed by atoms with van der Waals surface area (Å²) in [5.41, 5.74) is 0.372. The van der Waals surface area contributed by atoms with Crippen LogP contribution in [0.1, 0.15) is 18.4 Å². The number of ether oxygens (including phenoxy) is 1. The van der Waals surface area contributed by atoms with Gasteiger partial charge in [0, 0.05) is 9.13 Å². The monoisotopic (exact) mass is 308 g/mol. The molecule has 0 amide bonds. The van der Waals surface area contributed by atoms with Gasteiger partial charge in [0.25, 0.3) is 0 Å². The molecular weight excluding hydrogens is 298 g/mol. The van der Waals surface area contributed by atoms with E-state index in [4.69, 9.17) is 0 Å². The minimum atomic E-state index is -0.558. The van der Waals surface area contributed by atoms with Gasteiger partial charge in [-0.1, -0.05) is 6.07 Å². The van der Waals surface area contributed by atoms with E-state index in [-0.39, 0.29) is 5.82 Å². The Morgan fingerprint density at radius 1 is 1.57 bits per heavy atom. The Morgan fingerprint density at radius 2 is 2.21 bits per heavy atom. The summed E-state index contributed by atoms with van der Waals surface area (Å²) in [7, 11) is 1.30. The maximum atomic E-state index is 13.4. The molecule has 1 aromatic carbocycles. The molecule has 0 heterocycles. The van der Waals surface area contributed by atoms with Crippen LogP contribution in [0.25, 0.3) is 0 Å². The predicted octanol–water partition coefficient (Wildman–Crippen LogP) is 2.71. The number of carbonyl (C=O) groups is 1. The molecule has 1 rings (SSSR count). The molecule has 0 aromatic heterocycles. The highest BCUT2D eigenvalue weighted by molar-refractivity contribution is 14.1. The van der Waals surface area contributed by atoms with E-state index in [2.05, 4.69) is 4.74 Å². The number of benzene rings is 1. The fraction of sp³-hybridized carbons (Fsp3) is 0.300. The fourth-order valence-corrected chi connectivity index (χ4v) is 1.61. The second-order valence-electron chi connectivity index (χ2n) is 2.91. The maximum absolute atomic E-state index is 13.4. The molecule has 0 saturated carbocycles. The van der Waals surface area contributed by atoms with Crippen LogP contribution in [0.4, 0.5) is 4.39 Å². The summed E-state index contributed by atoms with van der Waals surface area (Å²) in [6, 6.07) is 4.77. The second-order valence-corrected chi connectivity index (χ2v) is 4.16. The smallest absolute Gasteiger partial charge is 0.312 e. The van der Waals surface area contributed by atoms with E-state index < -0.39 is 11.9 Å². The zero-order valence-corrected chi connectivity index (χ0v) is 10.0. The first kappa shape index (κ1) is 11.4. The van der Waals surface area contributed by atoms with Crippen molar-refractivity contribution in [1.29, 1.82) is 0 Å². The molecule has 0 radical (unpaired) electrons. The number of rotatable bonds is 2. The van der Waals surface area contributed by atoms with E-state index >= 15 is 0 Å². The molecule has 1 aromatic rings. The SMILES string of the molecule is COC(=O)C(C)c1ccc(I)cc1F. The van der Waals surface area contributed by atoms with Crippen LogP contribution in [0.3, 0.4) is 0 Å². The average Bonchev–Trinajstić information content (AvgIpc) is 2.15. The van der Waals surface area contributed by atoms with Crippen molar-refractivity contribution in [2.45, 2.75) is 12.8 Å². The van der Waals surface area contributed by atoms with Gasteiger partial charge < -0.3 is 4.74 Å². The molecular formula is C10H10FIO2. The van der Waals surface area contributed by atoms with Crippen molar-refractivity contribution >= 4 is 28.6 Å². The van der Waals surface area contributed by atoms with Crippen LogP contribution in [0, 0.1) is 9.39 Å². The molecule has 0 saturated heterocycles. The summed E-state index contributed by atoms with van der Waals surface area (Å²) < 4.78 is 18.7. The Kier molecular flexibility index (Phi) is 3.86. The van der Waals surface area contributed by atoms with E-state index in [0.717, 1.165) is 3.57 Å². The molecule has 1 atom stereocenters. The summed E-state index contributed by atoms with van der Waals surface area (Å²) >= 11 is 2.02. The first-order valence-electron chi connectivity index (χ1n) is 4.09. The minimum Gasteiger partial charge on any atom is -0.469 e. The highest BCUT2D eigenvalue weighted by atomic mass is 127. The third kappa shape index (κ3) is 2.43. The summed E-state index contributed by atoms with van der Waals surface area (Å²) in [6.07, 6.45) is 0. The van der Waals surface area contributed by atoms with Crippen molar-refractivity contribution in [3.8, 4) is 0 Å². The van der Waals surface area contributed by atoms with E-state index in [1.165, 1.54) is 13.2 Å². The van der Waals surface area contributed by atoms with Crippen molar-refractivity contribution in [2.75, 3.05) is 7.11 Å². The fourth-order valence-electron chi connectivity index (χ4n) is 1.16.